The number of carbonyl (C=O) groups is 1. The van der Waals surface area contributed by atoms with Gasteiger partial charge in [-0.1, -0.05) is 70.4 Å². The van der Waals surface area contributed by atoms with E-state index in [1.54, 1.807) is 0 Å². The van der Waals surface area contributed by atoms with Crippen molar-refractivity contribution in [3.05, 3.63) is 23.9 Å². The monoisotopic (exact) mass is 391 g/mol. The predicted octanol–water partition coefficient (Wildman–Crippen LogP) is 4.37. The summed E-state index contributed by atoms with van der Waals surface area (Å²) in [7, 11) is 1.91. The Morgan fingerprint density at radius 3 is 2.21 bits per heavy atom. The van der Waals surface area contributed by atoms with Crippen molar-refractivity contribution < 1.29 is 14.6 Å². The molecule has 0 radical (unpaired) electrons. The van der Waals surface area contributed by atoms with E-state index in [-0.39, 0.29) is 24.6 Å². The summed E-state index contributed by atoms with van der Waals surface area (Å²) in [6.07, 6.45) is 23.1. The fraction of sp³-hybridized carbons (Fsp3) is 0.783. The highest BCUT2D eigenvalue weighted by Crippen LogP contribution is 2.16. The van der Waals surface area contributed by atoms with Gasteiger partial charge in [-0.3, -0.25) is 4.79 Å². The zero-order valence-corrected chi connectivity index (χ0v) is 18.3. The number of hydrogen-bond acceptors (Lipinski definition) is 3. The minimum absolute atomic E-state index is 0.0278. The van der Waals surface area contributed by atoms with Crippen LogP contribution in [-0.4, -0.2) is 37.6 Å². The Morgan fingerprint density at radius 2 is 1.61 bits per heavy atom. The average Bonchev–Trinajstić information content (AvgIpc) is 3.04. The SMILES string of the molecule is B[C@H]1C=C(NC(=O)CCCCCCC/C=C\CCCCCCCC)[C@@H](CO)O1. The maximum atomic E-state index is 12.0. The highest BCUT2D eigenvalue weighted by atomic mass is 16.5. The van der Waals surface area contributed by atoms with E-state index in [1.165, 1.54) is 70.6 Å². The normalized spacial score (nSPS) is 19.3. The highest BCUT2D eigenvalue weighted by molar-refractivity contribution is 6.12. The summed E-state index contributed by atoms with van der Waals surface area (Å²) in [5.74, 6) is 0.0278. The summed E-state index contributed by atoms with van der Waals surface area (Å²) in [4.78, 5) is 12.0. The summed E-state index contributed by atoms with van der Waals surface area (Å²) in [5.41, 5.74) is 0.716. The van der Waals surface area contributed by atoms with E-state index in [2.05, 4.69) is 24.4 Å². The Balaban J connectivity index is 1.89. The van der Waals surface area contributed by atoms with Crippen molar-refractivity contribution >= 4 is 13.8 Å². The quantitative estimate of drug-likeness (QED) is 0.220. The molecule has 160 valence electrons. The molecule has 2 N–H and O–H groups in total. The van der Waals surface area contributed by atoms with Gasteiger partial charge in [-0.2, -0.15) is 0 Å². The molecule has 28 heavy (non-hydrogen) atoms. The molecule has 0 aliphatic carbocycles. The van der Waals surface area contributed by atoms with Gasteiger partial charge in [0.05, 0.1) is 6.61 Å². The van der Waals surface area contributed by atoms with Gasteiger partial charge in [0.2, 0.25) is 5.91 Å². The smallest absolute Gasteiger partial charge is 0.224 e. The fourth-order valence-corrected chi connectivity index (χ4v) is 3.58. The zero-order chi connectivity index (χ0) is 20.5. The number of carbonyl (C=O) groups excluding carboxylic acids is 1. The van der Waals surface area contributed by atoms with Crippen LogP contribution < -0.4 is 5.32 Å². The Bertz CT molecular complexity index is 465. The number of unbranched alkanes of at least 4 members (excludes halogenated alkanes) is 11. The van der Waals surface area contributed by atoms with Gasteiger partial charge in [-0.15, -0.1) is 0 Å². The number of allylic oxidation sites excluding steroid dienone is 2. The van der Waals surface area contributed by atoms with Gasteiger partial charge in [-0.05, 0) is 38.2 Å². The standard InChI is InChI=1S/C23H42BNO3/c1-2-3-4-5-6-7-8-9-10-11-12-13-14-15-16-17-23(27)25-20-18-22(24)28-21(20)19-26/h9-10,18,21-22,26H,2-8,11-17,19,24H2,1H3,(H,25,27)/b10-9-/t21-,22-/m1/s1. The van der Waals surface area contributed by atoms with E-state index < -0.39 is 0 Å². The molecule has 0 bridgehead atoms. The molecule has 0 saturated carbocycles. The molecular formula is C23H42BNO3. The van der Waals surface area contributed by atoms with Crippen LogP contribution >= 0.6 is 0 Å². The lowest BCUT2D eigenvalue weighted by Gasteiger charge is -2.13. The van der Waals surface area contributed by atoms with Crippen molar-refractivity contribution in [3.63, 3.8) is 0 Å². The van der Waals surface area contributed by atoms with Crippen molar-refractivity contribution in [2.75, 3.05) is 6.61 Å². The molecule has 1 rings (SSSR count). The third-order valence-electron chi connectivity index (χ3n) is 5.26. The van der Waals surface area contributed by atoms with Crippen LogP contribution in [0.2, 0.25) is 0 Å². The minimum atomic E-state index is -0.381. The summed E-state index contributed by atoms with van der Waals surface area (Å²) in [6, 6.07) is -0.0488. The lowest BCUT2D eigenvalue weighted by Crippen LogP contribution is -2.30. The van der Waals surface area contributed by atoms with Crippen molar-refractivity contribution in [1.29, 1.82) is 0 Å². The van der Waals surface area contributed by atoms with Crippen LogP contribution in [0.4, 0.5) is 0 Å². The van der Waals surface area contributed by atoms with Gasteiger partial charge in [0.1, 0.15) is 14.0 Å². The molecule has 0 fully saturated rings. The van der Waals surface area contributed by atoms with Gasteiger partial charge >= 0.3 is 0 Å². The van der Waals surface area contributed by atoms with Crippen molar-refractivity contribution in [3.8, 4) is 0 Å². The highest BCUT2D eigenvalue weighted by Gasteiger charge is 2.24. The number of aliphatic hydroxyl groups excluding tert-OH is 1. The van der Waals surface area contributed by atoms with Crippen LogP contribution in [0.25, 0.3) is 0 Å². The van der Waals surface area contributed by atoms with Gasteiger partial charge < -0.3 is 15.2 Å². The van der Waals surface area contributed by atoms with Crippen LogP contribution in [0.15, 0.2) is 23.9 Å². The Kier molecular flexibility index (Phi) is 15.0. The summed E-state index contributed by atoms with van der Waals surface area (Å²) in [5, 5.41) is 12.2. The molecule has 1 amide bonds. The second kappa shape index (κ2) is 16.9. The summed E-state index contributed by atoms with van der Waals surface area (Å²) in [6.45, 7) is 2.17. The van der Waals surface area contributed by atoms with Crippen LogP contribution in [0.3, 0.4) is 0 Å². The van der Waals surface area contributed by atoms with E-state index >= 15 is 0 Å². The van der Waals surface area contributed by atoms with Crippen molar-refractivity contribution in [1.82, 2.24) is 5.32 Å². The molecule has 2 atom stereocenters. The molecule has 1 aliphatic rings. The molecule has 0 spiro atoms. The average molecular weight is 391 g/mol. The van der Waals surface area contributed by atoms with E-state index in [0.29, 0.717) is 12.1 Å². The Morgan fingerprint density at radius 1 is 1.04 bits per heavy atom. The van der Waals surface area contributed by atoms with E-state index in [1.807, 2.05) is 13.9 Å². The lowest BCUT2D eigenvalue weighted by atomic mass is 10.0. The van der Waals surface area contributed by atoms with Crippen LogP contribution in [0.1, 0.15) is 96.8 Å². The number of hydrogen-bond donors (Lipinski definition) is 2. The summed E-state index contributed by atoms with van der Waals surface area (Å²) >= 11 is 0. The Hall–Kier alpha value is -1.07. The van der Waals surface area contributed by atoms with E-state index in [4.69, 9.17) is 4.74 Å². The first-order valence-electron chi connectivity index (χ1n) is 11.6. The number of ether oxygens (including phenoxy) is 1. The Labute approximate surface area is 173 Å². The molecule has 1 heterocycles. The van der Waals surface area contributed by atoms with Crippen molar-refractivity contribution in [2.45, 2.75) is 109 Å². The topological polar surface area (TPSA) is 58.6 Å². The van der Waals surface area contributed by atoms with Crippen LogP contribution in [-0.2, 0) is 9.53 Å². The third kappa shape index (κ3) is 12.4. The number of nitrogens with one attached hydrogen (secondary N) is 1. The molecule has 0 aromatic carbocycles. The summed E-state index contributed by atoms with van der Waals surface area (Å²) < 4.78 is 5.49. The molecule has 0 aromatic heterocycles. The van der Waals surface area contributed by atoms with E-state index in [0.717, 1.165) is 12.8 Å². The largest absolute Gasteiger partial charge is 0.393 e. The number of amides is 1. The third-order valence-corrected chi connectivity index (χ3v) is 5.26. The molecule has 0 aromatic rings. The molecular weight excluding hydrogens is 349 g/mol. The molecule has 5 heteroatoms. The van der Waals surface area contributed by atoms with Crippen LogP contribution in [0, 0.1) is 0 Å². The second-order valence-electron chi connectivity index (χ2n) is 8.02. The fourth-order valence-electron chi connectivity index (χ4n) is 3.58. The van der Waals surface area contributed by atoms with Gasteiger partial charge in [0, 0.05) is 18.1 Å². The molecule has 1 aliphatic heterocycles. The lowest BCUT2D eigenvalue weighted by molar-refractivity contribution is -0.120. The maximum absolute atomic E-state index is 12.0. The van der Waals surface area contributed by atoms with Gasteiger partial charge in [-0.25, -0.2) is 0 Å². The van der Waals surface area contributed by atoms with E-state index in [9.17, 15) is 9.90 Å². The predicted molar refractivity (Wildman–Crippen MR) is 120 cm³/mol. The van der Waals surface area contributed by atoms with Gasteiger partial charge in [0.15, 0.2) is 0 Å². The molecule has 0 unspecified atom stereocenters. The first-order chi connectivity index (χ1) is 13.7. The first kappa shape index (κ1) is 25.0. The van der Waals surface area contributed by atoms with Crippen molar-refractivity contribution in [2.24, 2.45) is 0 Å². The molecule has 0 saturated heterocycles. The molecule has 4 nitrogen and oxygen atoms in total. The first-order valence-corrected chi connectivity index (χ1v) is 11.6. The number of rotatable bonds is 17. The van der Waals surface area contributed by atoms with Crippen LogP contribution in [0.5, 0.6) is 0 Å². The number of aliphatic hydroxyl groups is 1. The minimum Gasteiger partial charge on any atom is -0.393 e. The van der Waals surface area contributed by atoms with Gasteiger partial charge in [0.25, 0.3) is 0 Å². The zero-order valence-electron chi connectivity index (χ0n) is 18.3. The second-order valence-corrected chi connectivity index (χ2v) is 8.02. The maximum Gasteiger partial charge on any atom is 0.224 e.